The van der Waals surface area contributed by atoms with Crippen molar-refractivity contribution in [3.8, 4) is 0 Å². The number of fused-ring (bicyclic) bond motifs is 1. The van der Waals surface area contributed by atoms with Crippen molar-refractivity contribution in [1.29, 1.82) is 0 Å². The number of carbonyl (C=O) groups is 2. The van der Waals surface area contributed by atoms with Gasteiger partial charge in [-0.3, -0.25) is 14.9 Å². The standard InChI is InChI=1S/C14H15N3O2/c1-17-7-6-9-8(2-4-11(15)13(9)17)10-3-5-12(18)16-14(10)19/h2,4,6-7,10H,3,5,15H2,1H3,(H,16,18,19). The smallest absolute Gasteiger partial charge is 0.234 e. The number of rotatable bonds is 1. The number of nitrogens with two attached hydrogens (primary N) is 1. The van der Waals surface area contributed by atoms with E-state index in [2.05, 4.69) is 5.32 Å². The molecule has 1 unspecified atom stereocenters. The summed E-state index contributed by atoms with van der Waals surface area (Å²) in [5.74, 6) is -0.685. The Kier molecular flexibility index (Phi) is 2.55. The Bertz CT molecular complexity index is 687. The van der Waals surface area contributed by atoms with Crippen molar-refractivity contribution in [1.82, 2.24) is 9.88 Å². The van der Waals surface area contributed by atoms with Crippen LogP contribution in [-0.2, 0) is 16.6 Å². The van der Waals surface area contributed by atoms with E-state index in [0.29, 0.717) is 18.5 Å². The summed E-state index contributed by atoms with van der Waals surface area (Å²) in [6.07, 6.45) is 2.87. The minimum Gasteiger partial charge on any atom is -0.397 e. The second kappa shape index (κ2) is 4.12. The molecule has 5 heteroatoms. The summed E-state index contributed by atoms with van der Waals surface area (Å²) in [4.78, 5) is 23.2. The van der Waals surface area contributed by atoms with Crippen LogP contribution in [-0.4, -0.2) is 16.4 Å². The summed E-state index contributed by atoms with van der Waals surface area (Å²) < 4.78 is 1.94. The summed E-state index contributed by atoms with van der Waals surface area (Å²) in [6, 6.07) is 5.67. The summed E-state index contributed by atoms with van der Waals surface area (Å²) in [5, 5.41) is 3.38. The third-order valence-electron chi connectivity index (χ3n) is 3.71. The van der Waals surface area contributed by atoms with Crippen LogP contribution in [0.15, 0.2) is 24.4 Å². The van der Waals surface area contributed by atoms with E-state index < -0.39 is 0 Å². The van der Waals surface area contributed by atoms with Gasteiger partial charge in [0.1, 0.15) is 0 Å². The lowest BCUT2D eigenvalue weighted by Crippen LogP contribution is -2.39. The Balaban J connectivity index is 2.13. The molecule has 2 amide bonds. The van der Waals surface area contributed by atoms with E-state index >= 15 is 0 Å². The molecule has 98 valence electrons. The lowest BCUT2D eigenvalue weighted by atomic mass is 9.88. The maximum absolute atomic E-state index is 12.0. The SMILES string of the molecule is Cn1ccc2c(C3CCC(=O)NC3=O)ccc(N)c21. The minimum absolute atomic E-state index is 0.194. The number of hydrogen-bond acceptors (Lipinski definition) is 3. The lowest BCUT2D eigenvalue weighted by molar-refractivity contribution is -0.134. The maximum atomic E-state index is 12.0. The minimum atomic E-state index is -0.275. The number of anilines is 1. The molecule has 0 aliphatic carbocycles. The fraction of sp³-hybridized carbons (Fsp3) is 0.286. The number of hydrogen-bond donors (Lipinski definition) is 2. The van der Waals surface area contributed by atoms with E-state index in [0.717, 1.165) is 16.5 Å². The molecule has 1 aliphatic rings. The van der Waals surface area contributed by atoms with Crippen LogP contribution in [0.3, 0.4) is 0 Å². The zero-order valence-corrected chi connectivity index (χ0v) is 10.6. The van der Waals surface area contributed by atoms with E-state index in [1.165, 1.54) is 0 Å². The van der Waals surface area contributed by atoms with Gasteiger partial charge in [0.15, 0.2) is 0 Å². The monoisotopic (exact) mass is 257 g/mol. The van der Waals surface area contributed by atoms with E-state index in [1.54, 1.807) is 0 Å². The van der Waals surface area contributed by atoms with Crippen LogP contribution in [0, 0.1) is 0 Å². The van der Waals surface area contributed by atoms with Crippen molar-refractivity contribution in [3.05, 3.63) is 30.0 Å². The Morgan fingerprint density at radius 2 is 2.11 bits per heavy atom. The third kappa shape index (κ3) is 1.78. The normalized spacial score (nSPS) is 19.7. The highest BCUT2D eigenvalue weighted by Gasteiger charge is 2.29. The first-order chi connectivity index (χ1) is 9.08. The summed E-state index contributed by atoms with van der Waals surface area (Å²) in [5.41, 5.74) is 8.55. The largest absolute Gasteiger partial charge is 0.397 e. The summed E-state index contributed by atoms with van der Waals surface area (Å²) >= 11 is 0. The van der Waals surface area contributed by atoms with Crippen LogP contribution in [0.25, 0.3) is 10.9 Å². The van der Waals surface area contributed by atoms with Crippen molar-refractivity contribution in [2.45, 2.75) is 18.8 Å². The highest BCUT2D eigenvalue weighted by molar-refractivity contribution is 6.04. The number of imide groups is 1. The average molecular weight is 257 g/mol. The molecular weight excluding hydrogens is 242 g/mol. The number of carbonyl (C=O) groups excluding carboxylic acids is 2. The van der Waals surface area contributed by atoms with Gasteiger partial charge in [-0.15, -0.1) is 0 Å². The zero-order chi connectivity index (χ0) is 13.6. The summed E-state index contributed by atoms with van der Waals surface area (Å²) in [7, 11) is 1.92. The molecule has 0 saturated carbocycles. The number of aromatic nitrogens is 1. The highest BCUT2D eigenvalue weighted by atomic mass is 16.2. The molecular formula is C14H15N3O2. The molecule has 1 saturated heterocycles. The van der Waals surface area contributed by atoms with E-state index in [1.807, 2.05) is 36.0 Å². The van der Waals surface area contributed by atoms with Crippen LogP contribution in [0.2, 0.25) is 0 Å². The van der Waals surface area contributed by atoms with Gasteiger partial charge in [0, 0.05) is 25.1 Å². The van der Waals surface area contributed by atoms with Crippen molar-refractivity contribution >= 4 is 28.4 Å². The molecule has 0 radical (unpaired) electrons. The number of nitrogens with zero attached hydrogens (tertiary/aromatic N) is 1. The van der Waals surface area contributed by atoms with Crippen molar-refractivity contribution < 1.29 is 9.59 Å². The van der Waals surface area contributed by atoms with Gasteiger partial charge in [0.05, 0.1) is 17.1 Å². The second-order valence-electron chi connectivity index (χ2n) is 4.94. The molecule has 1 aliphatic heterocycles. The zero-order valence-electron chi connectivity index (χ0n) is 10.6. The molecule has 1 aromatic heterocycles. The number of benzene rings is 1. The first kappa shape index (κ1) is 11.8. The fourth-order valence-corrected chi connectivity index (χ4v) is 2.76. The molecule has 3 N–H and O–H groups in total. The number of aryl methyl sites for hydroxylation is 1. The van der Waals surface area contributed by atoms with Crippen LogP contribution >= 0.6 is 0 Å². The molecule has 2 aromatic rings. The van der Waals surface area contributed by atoms with Gasteiger partial charge in [-0.25, -0.2) is 0 Å². The molecule has 1 atom stereocenters. The quantitative estimate of drug-likeness (QED) is 0.597. The average Bonchev–Trinajstić information content (AvgIpc) is 2.74. The molecule has 1 aromatic carbocycles. The van der Waals surface area contributed by atoms with E-state index in [-0.39, 0.29) is 17.7 Å². The molecule has 19 heavy (non-hydrogen) atoms. The Morgan fingerprint density at radius 3 is 2.84 bits per heavy atom. The van der Waals surface area contributed by atoms with E-state index in [4.69, 9.17) is 5.73 Å². The predicted molar refractivity (Wildman–Crippen MR) is 72.5 cm³/mol. The van der Waals surface area contributed by atoms with Crippen LogP contribution in [0.1, 0.15) is 24.3 Å². The van der Waals surface area contributed by atoms with Gasteiger partial charge in [0.2, 0.25) is 11.8 Å². The molecule has 0 spiro atoms. The topological polar surface area (TPSA) is 77.1 Å². The number of nitrogen functional groups attached to an aromatic ring is 1. The van der Waals surface area contributed by atoms with Crippen LogP contribution in [0.5, 0.6) is 0 Å². The Morgan fingerprint density at radius 1 is 1.32 bits per heavy atom. The number of piperidine rings is 1. The van der Waals surface area contributed by atoms with Gasteiger partial charge in [0.25, 0.3) is 0 Å². The second-order valence-corrected chi connectivity index (χ2v) is 4.94. The maximum Gasteiger partial charge on any atom is 0.234 e. The van der Waals surface area contributed by atoms with Crippen molar-refractivity contribution in [2.24, 2.45) is 7.05 Å². The van der Waals surface area contributed by atoms with E-state index in [9.17, 15) is 9.59 Å². The van der Waals surface area contributed by atoms with Gasteiger partial charge in [-0.2, -0.15) is 0 Å². The Hall–Kier alpha value is -2.30. The molecule has 0 bridgehead atoms. The predicted octanol–water partition coefficient (Wildman–Crippen LogP) is 1.28. The fourth-order valence-electron chi connectivity index (χ4n) is 2.76. The lowest BCUT2D eigenvalue weighted by Gasteiger charge is -2.22. The van der Waals surface area contributed by atoms with Crippen LogP contribution < -0.4 is 11.1 Å². The number of nitrogens with one attached hydrogen (secondary N) is 1. The summed E-state index contributed by atoms with van der Waals surface area (Å²) in [6.45, 7) is 0. The molecule has 1 fully saturated rings. The van der Waals surface area contributed by atoms with Crippen molar-refractivity contribution in [3.63, 3.8) is 0 Å². The molecule has 5 nitrogen and oxygen atoms in total. The Labute approximate surface area is 110 Å². The van der Waals surface area contributed by atoms with Gasteiger partial charge in [-0.05, 0) is 24.1 Å². The highest BCUT2D eigenvalue weighted by Crippen LogP contribution is 2.33. The van der Waals surface area contributed by atoms with Gasteiger partial charge in [-0.1, -0.05) is 6.07 Å². The first-order valence-electron chi connectivity index (χ1n) is 6.25. The first-order valence-corrected chi connectivity index (χ1v) is 6.25. The van der Waals surface area contributed by atoms with Crippen LogP contribution in [0.4, 0.5) is 5.69 Å². The number of amides is 2. The molecule has 2 heterocycles. The third-order valence-corrected chi connectivity index (χ3v) is 3.71. The molecule has 3 rings (SSSR count). The van der Waals surface area contributed by atoms with Gasteiger partial charge >= 0.3 is 0 Å². The van der Waals surface area contributed by atoms with Gasteiger partial charge < -0.3 is 10.3 Å². The van der Waals surface area contributed by atoms with Crippen molar-refractivity contribution in [2.75, 3.05) is 5.73 Å².